The Labute approximate surface area is 92.1 Å². The van der Waals surface area contributed by atoms with E-state index in [2.05, 4.69) is 31.9 Å². The molecule has 2 unspecified atom stereocenters. The van der Waals surface area contributed by atoms with Crippen molar-refractivity contribution in [2.75, 3.05) is 0 Å². The van der Waals surface area contributed by atoms with Crippen LogP contribution in [0.4, 0.5) is 0 Å². The van der Waals surface area contributed by atoms with E-state index in [1.807, 2.05) is 17.8 Å². The molecule has 3 nitrogen and oxygen atoms in total. The van der Waals surface area contributed by atoms with E-state index < -0.39 is 0 Å². The Kier molecular flexibility index (Phi) is 4.33. The van der Waals surface area contributed by atoms with Crippen molar-refractivity contribution in [3.63, 3.8) is 0 Å². The Morgan fingerprint density at radius 3 is 2.47 bits per heavy atom. The van der Waals surface area contributed by atoms with Crippen LogP contribution in [0.3, 0.4) is 0 Å². The summed E-state index contributed by atoms with van der Waals surface area (Å²) in [5, 5.41) is 13.8. The molecule has 1 aromatic rings. The summed E-state index contributed by atoms with van der Waals surface area (Å²) < 4.78 is 1.98. The third-order valence-electron chi connectivity index (χ3n) is 2.49. The second kappa shape index (κ2) is 5.31. The summed E-state index contributed by atoms with van der Waals surface area (Å²) in [4.78, 5) is 0. The van der Waals surface area contributed by atoms with Crippen LogP contribution in [0.15, 0.2) is 12.3 Å². The molecule has 1 N–H and O–H groups in total. The first-order chi connectivity index (χ1) is 6.99. The molecular formula is C12H22N2O. The molecule has 1 rings (SSSR count). The number of hydrogen-bond donors (Lipinski definition) is 1. The molecule has 1 aromatic heterocycles. The van der Waals surface area contributed by atoms with Crippen LogP contribution < -0.4 is 0 Å². The van der Waals surface area contributed by atoms with E-state index in [0.717, 1.165) is 18.5 Å². The smallest absolute Gasteiger partial charge is 0.0627 e. The summed E-state index contributed by atoms with van der Waals surface area (Å²) in [6, 6.07) is 2.49. The number of nitrogens with zero attached hydrogens (tertiary/aromatic N) is 2. The summed E-state index contributed by atoms with van der Waals surface area (Å²) in [5.74, 6) is 0.487. The van der Waals surface area contributed by atoms with Crippen molar-refractivity contribution in [3.8, 4) is 0 Å². The third kappa shape index (κ3) is 4.04. The van der Waals surface area contributed by atoms with Crippen molar-refractivity contribution in [1.82, 2.24) is 9.78 Å². The van der Waals surface area contributed by atoms with Crippen molar-refractivity contribution in [2.45, 2.75) is 52.7 Å². The van der Waals surface area contributed by atoms with Crippen LogP contribution in [0.25, 0.3) is 0 Å². The summed E-state index contributed by atoms with van der Waals surface area (Å²) in [6.45, 7) is 8.23. The van der Waals surface area contributed by atoms with Crippen LogP contribution in [-0.2, 0) is 6.42 Å². The zero-order valence-electron chi connectivity index (χ0n) is 10.1. The first-order valence-corrected chi connectivity index (χ1v) is 5.71. The van der Waals surface area contributed by atoms with E-state index in [1.165, 1.54) is 0 Å². The predicted octanol–water partition coefficient (Wildman–Crippen LogP) is 2.41. The molecule has 0 aliphatic heterocycles. The van der Waals surface area contributed by atoms with Crippen molar-refractivity contribution in [2.24, 2.45) is 5.92 Å². The highest BCUT2D eigenvalue weighted by molar-refractivity contribution is 5.00. The molecule has 0 spiro atoms. The van der Waals surface area contributed by atoms with E-state index in [-0.39, 0.29) is 6.10 Å². The Morgan fingerprint density at radius 1 is 1.33 bits per heavy atom. The summed E-state index contributed by atoms with van der Waals surface area (Å²) >= 11 is 0. The van der Waals surface area contributed by atoms with Crippen LogP contribution in [-0.4, -0.2) is 21.0 Å². The van der Waals surface area contributed by atoms with Gasteiger partial charge in [-0.2, -0.15) is 5.10 Å². The lowest BCUT2D eigenvalue weighted by atomic mass is 9.99. The Bertz CT molecular complexity index is 292. The fourth-order valence-corrected chi connectivity index (χ4v) is 1.80. The first kappa shape index (κ1) is 12.2. The zero-order chi connectivity index (χ0) is 11.4. The van der Waals surface area contributed by atoms with Crippen LogP contribution in [0.1, 0.15) is 45.9 Å². The van der Waals surface area contributed by atoms with E-state index in [9.17, 15) is 5.11 Å². The first-order valence-electron chi connectivity index (χ1n) is 5.71. The molecule has 0 saturated carbocycles. The molecule has 1 heterocycles. The highest BCUT2D eigenvalue weighted by Crippen LogP contribution is 2.13. The van der Waals surface area contributed by atoms with Gasteiger partial charge in [-0.15, -0.1) is 0 Å². The summed E-state index contributed by atoms with van der Waals surface area (Å²) in [6.07, 6.45) is 3.60. The van der Waals surface area contributed by atoms with Gasteiger partial charge < -0.3 is 5.11 Å². The minimum Gasteiger partial charge on any atom is -0.393 e. The number of rotatable bonds is 5. The summed E-state index contributed by atoms with van der Waals surface area (Å²) in [7, 11) is 0. The van der Waals surface area contributed by atoms with Gasteiger partial charge in [0.15, 0.2) is 0 Å². The molecule has 0 aliphatic carbocycles. The van der Waals surface area contributed by atoms with Gasteiger partial charge in [0.1, 0.15) is 0 Å². The van der Waals surface area contributed by atoms with Gasteiger partial charge in [-0.25, -0.2) is 0 Å². The fraction of sp³-hybridized carbons (Fsp3) is 0.750. The maximum Gasteiger partial charge on any atom is 0.0627 e. The van der Waals surface area contributed by atoms with Crippen LogP contribution >= 0.6 is 0 Å². The maximum atomic E-state index is 9.27. The molecule has 2 atom stereocenters. The SMILES string of the molecule is CC(O)CC(C)Cc1ccn(C(C)C)n1. The lowest BCUT2D eigenvalue weighted by Gasteiger charge is -2.11. The Balaban J connectivity index is 2.49. The lowest BCUT2D eigenvalue weighted by Crippen LogP contribution is -2.10. The fourth-order valence-electron chi connectivity index (χ4n) is 1.80. The van der Waals surface area contributed by atoms with Gasteiger partial charge in [0, 0.05) is 12.2 Å². The molecule has 0 saturated heterocycles. The number of aliphatic hydroxyl groups excluding tert-OH is 1. The van der Waals surface area contributed by atoms with Gasteiger partial charge in [0.05, 0.1) is 11.8 Å². The minimum atomic E-state index is -0.216. The van der Waals surface area contributed by atoms with E-state index in [4.69, 9.17) is 0 Å². The monoisotopic (exact) mass is 210 g/mol. The largest absolute Gasteiger partial charge is 0.393 e. The van der Waals surface area contributed by atoms with Gasteiger partial charge in [-0.3, -0.25) is 4.68 Å². The molecular weight excluding hydrogens is 188 g/mol. The standard InChI is InChI=1S/C12H22N2O/c1-9(2)14-6-5-12(13-14)8-10(3)7-11(4)15/h5-6,9-11,15H,7-8H2,1-4H3. The van der Waals surface area contributed by atoms with E-state index in [1.54, 1.807) is 0 Å². The average Bonchev–Trinajstić information content (AvgIpc) is 2.50. The lowest BCUT2D eigenvalue weighted by molar-refractivity contribution is 0.164. The Morgan fingerprint density at radius 2 is 2.00 bits per heavy atom. The number of hydrogen-bond acceptors (Lipinski definition) is 2. The average molecular weight is 210 g/mol. The van der Waals surface area contributed by atoms with Gasteiger partial charge in [-0.05, 0) is 45.6 Å². The summed E-state index contributed by atoms with van der Waals surface area (Å²) in [5.41, 5.74) is 1.12. The molecule has 0 aliphatic rings. The molecule has 0 aromatic carbocycles. The quantitative estimate of drug-likeness (QED) is 0.810. The molecule has 0 fully saturated rings. The number of aromatic nitrogens is 2. The van der Waals surface area contributed by atoms with Crippen molar-refractivity contribution in [3.05, 3.63) is 18.0 Å². The van der Waals surface area contributed by atoms with Crippen LogP contribution in [0.2, 0.25) is 0 Å². The van der Waals surface area contributed by atoms with Crippen molar-refractivity contribution >= 4 is 0 Å². The highest BCUT2D eigenvalue weighted by atomic mass is 16.3. The van der Waals surface area contributed by atoms with E-state index in [0.29, 0.717) is 12.0 Å². The van der Waals surface area contributed by atoms with Gasteiger partial charge in [-0.1, -0.05) is 6.92 Å². The van der Waals surface area contributed by atoms with Crippen LogP contribution in [0, 0.1) is 5.92 Å². The number of aliphatic hydroxyl groups is 1. The van der Waals surface area contributed by atoms with Crippen LogP contribution in [0.5, 0.6) is 0 Å². The highest BCUT2D eigenvalue weighted by Gasteiger charge is 2.09. The molecule has 15 heavy (non-hydrogen) atoms. The third-order valence-corrected chi connectivity index (χ3v) is 2.49. The van der Waals surface area contributed by atoms with Gasteiger partial charge >= 0.3 is 0 Å². The predicted molar refractivity (Wildman–Crippen MR) is 61.8 cm³/mol. The minimum absolute atomic E-state index is 0.216. The molecule has 0 radical (unpaired) electrons. The molecule has 3 heteroatoms. The topological polar surface area (TPSA) is 38.0 Å². The second-order valence-electron chi connectivity index (χ2n) is 4.77. The Hall–Kier alpha value is -0.830. The van der Waals surface area contributed by atoms with Crippen molar-refractivity contribution < 1.29 is 5.11 Å². The molecule has 0 bridgehead atoms. The van der Waals surface area contributed by atoms with Gasteiger partial charge in [0.2, 0.25) is 0 Å². The zero-order valence-corrected chi connectivity index (χ0v) is 10.1. The normalized spacial score (nSPS) is 15.6. The van der Waals surface area contributed by atoms with Gasteiger partial charge in [0.25, 0.3) is 0 Å². The second-order valence-corrected chi connectivity index (χ2v) is 4.77. The molecule has 0 amide bonds. The van der Waals surface area contributed by atoms with E-state index >= 15 is 0 Å². The molecule has 86 valence electrons. The van der Waals surface area contributed by atoms with Crippen molar-refractivity contribution in [1.29, 1.82) is 0 Å². The maximum absolute atomic E-state index is 9.27.